The molecule has 0 aromatic heterocycles. The first-order chi connectivity index (χ1) is 1.00. The van der Waals surface area contributed by atoms with Crippen LogP contribution in [-0.4, -0.2) is 13.6 Å². The van der Waals surface area contributed by atoms with E-state index in [1.807, 2.05) is 0 Å². The second kappa shape index (κ2) is 33.1. The normalized spacial score (nSPS) is 0.667. The summed E-state index contributed by atoms with van der Waals surface area (Å²) >= 11 is 3.40. The van der Waals surface area contributed by atoms with Gasteiger partial charge in [-0.25, -0.2) is 0 Å². The van der Waals surface area contributed by atoms with E-state index in [1.54, 1.807) is 0 Å². The SMILES string of the molecule is [AlH2][Mo].[Mo].[Nb].[Nb].[Nd]. The fourth-order valence-corrected chi connectivity index (χ4v) is 0. The van der Waals surface area contributed by atoms with Crippen molar-refractivity contribution in [2.24, 2.45) is 0 Å². The Kier molecular flexibility index (Phi) is 171. The zero-order valence-corrected chi connectivity index (χ0v) is 16.8. The Morgan fingerprint density at radius 3 is 1.00 bits per heavy atom. The Morgan fingerprint density at radius 2 is 1.00 bits per heavy atom. The molecule has 0 spiro atoms. The van der Waals surface area contributed by atoms with Crippen LogP contribution in [0.3, 0.4) is 0 Å². The summed E-state index contributed by atoms with van der Waals surface area (Å²) in [6.07, 6.45) is 0. The van der Waals surface area contributed by atoms with E-state index in [9.17, 15) is 0 Å². The maximum Gasteiger partial charge on any atom is 0 e. The van der Waals surface area contributed by atoms with Crippen LogP contribution in [-0.2, 0) is 83.5 Å². The van der Waals surface area contributed by atoms with E-state index in [0.29, 0.717) is 0 Å². The summed E-state index contributed by atoms with van der Waals surface area (Å²) in [6, 6.07) is 0. The number of rotatable bonds is 0. The van der Waals surface area contributed by atoms with Crippen LogP contribution < -0.4 is 0 Å². The van der Waals surface area contributed by atoms with Gasteiger partial charge in [0.15, 0.2) is 0 Å². The van der Waals surface area contributed by atoms with Crippen LogP contribution in [0.15, 0.2) is 0 Å². The molecule has 0 nitrogen and oxygen atoms in total. The topological polar surface area (TPSA) is 0 Å². The molecule has 0 aromatic rings. The maximum absolute atomic E-state index is 2.09. The molecule has 0 aliphatic carbocycles. The van der Waals surface area contributed by atoms with Gasteiger partial charge in [-0.2, -0.15) is 0 Å². The summed E-state index contributed by atoms with van der Waals surface area (Å²) in [5, 5.41) is 0. The third-order valence-corrected chi connectivity index (χ3v) is 0. The molecule has 0 aliphatic heterocycles. The largest absolute Gasteiger partial charge is 0 e. The van der Waals surface area contributed by atoms with Crippen molar-refractivity contribution in [2.45, 2.75) is 0 Å². The van der Waals surface area contributed by atoms with Crippen LogP contribution in [0.4, 0.5) is 0 Å². The molecule has 0 heterocycles. The molecular formula is H2AlMo2Nb2Nd. The average molecular weight is 551 g/mol. The molecule has 0 rings (SSSR count). The van der Waals surface area contributed by atoms with Crippen LogP contribution in [0.2, 0.25) is 0 Å². The molecule has 0 amide bonds. The molecule has 0 unspecified atom stereocenters. The van der Waals surface area contributed by atoms with Gasteiger partial charge in [0.1, 0.15) is 0 Å². The Morgan fingerprint density at radius 1 is 1.00 bits per heavy atom. The van der Waals surface area contributed by atoms with E-state index in [0.717, 1.165) is 0 Å². The standard InChI is InChI=1S/Al.2Mo.2Nb.Nd.2H. The van der Waals surface area contributed by atoms with Crippen LogP contribution in [0.25, 0.3) is 0 Å². The maximum atomic E-state index is 2.09. The Balaban J connectivity index is -0.000000000833. The summed E-state index contributed by atoms with van der Waals surface area (Å²) in [6.45, 7) is 0. The Labute approximate surface area is 134 Å². The van der Waals surface area contributed by atoms with Crippen molar-refractivity contribution in [3.05, 3.63) is 0 Å². The minimum absolute atomic E-state index is 0. The van der Waals surface area contributed by atoms with Gasteiger partial charge in [0.25, 0.3) is 0 Å². The van der Waals surface area contributed by atoms with Gasteiger partial charge in [-0.1, -0.05) is 0 Å². The molecule has 0 N–H and O–H groups in total. The van der Waals surface area contributed by atoms with Crippen molar-refractivity contribution >= 4 is 13.6 Å². The van der Waals surface area contributed by atoms with Gasteiger partial charge in [-0.05, 0) is 0 Å². The summed E-state index contributed by atoms with van der Waals surface area (Å²) in [7, 11) is 0. The molecule has 6 heavy (non-hydrogen) atoms. The van der Waals surface area contributed by atoms with Gasteiger partial charge >= 0.3 is 31.3 Å². The van der Waals surface area contributed by atoms with Crippen LogP contribution >= 0.6 is 0 Å². The molecule has 0 bridgehead atoms. The van der Waals surface area contributed by atoms with Gasteiger partial charge in [0.2, 0.25) is 0 Å². The molecule has 0 saturated heterocycles. The molecule has 6 heteroatoms. The smallest absolute Gasteiger partial charge is 0 e. The zero-order chi connectivity index (χ0) is 2.00. The second-order valence-corrected chi connectivity index (χ2v) is 0. The first kappa shape index (κ1) is 30.9. The van der Waals surface area contributed by atoms with Crippen molar-refractivity contribution in [3.63, 3.8) is 0 Å². The van der Waals surface area contributed by atoms with E-state index in [-0.39, 0.29) is 107 Å². The summed E-state index contributed by atoms with van der Waals surface area (Å²) in [5.74, 6) is 0. The minimum Gasteiger partial charge on any atom is 0 e. The van der Waals surface area contributed by atoms with Crippen LogP contribution in [0, 0.1) is 40.8 Å². The van der Waals surface area contributed by atoms with E-state index in [4.69, 9.17) is 0 Å². The minimum atomic E-state index is 0. The zero-order valence-electron chi connectivity index (χ0n) is 3.21. The molecule has 0 aromatic carbocycles. The molecule has 0 saturated carbocycles. The van der Waals surface area contributed by atoms with Crippen LogP contribution in [0.1, 0.15) is 0 Å². The third kappa shape index (κ3) is 23.3. The van der Waals surface area contributed by atoms with Crippen molar-refractivity contribution in [1.82, 2.24) is 0 Å². The monoisotopic (exact) mass is 553 g/mol. The average Bonchev–Trinajstić information content (AvgIpc) is 1.00. The predicted molar refractivity (Wildman–Crippen MR) is 8.54 cm³/mol. The van der Waals surface area contributed by atoms with Gasteiger partial charge in [0.05, 0.1) is 0 Å². The first-order valence-electron chi connectivity index (χ1n) is 0.408. The number of hydrogen-bond acceptors (Lipinski definition) is 0. The first-order valence-corrected chi connectivity index (χ1v) is 7.25. The van der Waals surface area contributed by atoms with Gasteiger partial charge in [0, 0.05) is 107 Å². The van der Waals surface area contributed by atoms with E-state index < -0.39 is 0 Å². The van der Waals surface area contributed by atoms with E-state index >= 15 is 0 Å². The molecule has 0 fully saturated rings. The Hall–Kier alpha value is 4.74. The van der Waals surface area contributed by atoms with Gasteiger partial charge in [-0.3, -0.25) is 0 Å². The molecular weight excluding hydrogens is 549 g/mol. The predicted octanol–water partition coefficient (Wildman–Crippen LogP) is -0.926. The quantitative estimate of drug-likeness (QED) is 0.342. The molecule has 0 atom stereocenters. The summed E-state index contributed by atoms with van der Waals surface area (Å²) < 4.78 is 0. The van der Waals surface area contributed by atoms with Gasteiger partial charge in [-0.15, -0.1) is 0 Å². The second-order valence-electron chi connectivity index (χ2n) is 0. The van der Waals surface area contributed by atoms with Crippen LogP contribution in [0.5, 0.6) is 0 Å². The molecule has 2 radical (unpaired) electrons. The third-order valence-electron chi connectivity index (χ3n) is 0. The van der Waals surface area contributed by atoms with Crippen molar-refractivity contribution < 1.29 is 124 Å². The summed E-state index contributed by atoms with van der Waals surface area (Å²) in [4.78, 5) is 0. The van der Waals surface area contributed by atoms with E-state index in [2.05, 4.69) is 17.7 Å². The Bertz CT molecular complexity index is 11.5. The van der Waals surface area contributed by atoms with Crippen molar-refractivity contribution in [2.75, 3.05) is 0 Å². The fraction of sp³-hybridized carbons (Fsp3) is 0. The number of hydrogen-bond donors (Lipinski definition) is 0. The molecule has 31 valence electrons. The van der Waals surface area contributed by atoms with E-state index in [1.165, 1.54) is 13.6 Å². The van der Waals surface area contributed by atoms with Crippen molar-refractivity contribution in [3.8, 4) is 0 Å². The molecule has 0 aliphatic rings. The van der Waals surface area contributed by atoms with Crippen molar-refractivity contribution in [1.29, 1.82) is 0 Å². The fourth-order valence-electron chi connectivity index (χ4n) is 0. The summed E-state index contributed by atoms with van der Waals surface area (Å²) in [5.41, 5.74) is 0. The van der Waals surface area contributed by atoms with Gasteiger partial charge < -0.3 is 0 Å².